The highest BCUT2D eigenvalue weighted by molar-refractivity contribution is 6.34. The molecule has 0 atom stereocenters. The van der Waals surface area contributed by atoms with Crippen LogP contribution in [0.5, 0.6) is 11.5 Å². The summed E-state index contributed by atoms with van der Waals surface area (Å²) >= 11 is 6.29. The van der Waals surface area contributed by atoms with Crippen LogP contribution < -0.4 is 5.48 Å². The van der Waals surface area contributed by atoms with Crippen LogP contribution in [-0.4, -0.2) is 53.3 Å². The maximum atomic E-state index is 12.7. The van der Waals surface area contributed by atoms with Crippen molar-refractivity contribution < 1.29 is 29.4 Å². The zero-order chi connectivity index (χ0) is 24.3. The molecule has 2 aliphatic heterocycles. The second kappa shape index (κ2) is 13.1. The number of phenols is 2. The Kier molecular flexibility index (Phi) is 9.85. The van der Waals surface area contributed by atoms with Gasteiger partial charge in [0.1, 0.15) is 17.1 Å². The number of carbonyl (C=O) groups is 2. The summed E-state index contributed by atoms with van der Waals surface area (Å²) in [7, 11) is 0. The minimum Gasteiger partial charge on any atom is -0.507 e. The fraction of sp³-hybridized carbons (Fsp3) is 0.440. The van der Waals surface area contributed by atoms with Gasteiger partial charge >= 0.3 is 5.97 Å². The molecule has 1 fully saturated rings. The van der Waals surface area contributed by atoms with E-state index in [1.165, 1.54) is 6.08 Å². The van der Waals surface area contributed by atoms with Crippen molar-refractivity contribution in [1.82, 2.24) is 10.4 Å². The summed E-state index contributed by atoms with van der Waals surface area (Å²) in [6, 6.07) is 0.999. The molecule has 0 bridgehead atoms. The number of halogens is 1. The Morgan fingerprint density at radius 2 is 1.76 bits per heavy atom. The van der Waals surface area contributed by atoms with Crippen molar-refractivity contribution in [3.05, 3.63) is 52.2 Å². The van der Waals surface area contributed by atoms with Crippen LogP contribution in [-0.2, 0) is 14.4 Å². The third kappa shape index (κ3) is 7.27. The van der Waals surface area contributed by atoms with Crippen LogP contribution in [0.15, 0.2) is 36.1 Å². The van der Waals surface area contributed by atoms with Crippen molar-refractivity contribution >= 4 is 29.6 Å². The summed E-state index contributed by atoms with van der Waals surface area (Å²) in [6.45, 7) is 1.42. The summed E-state index contributed by atoms with van der Waals surface area (Å²) in [4.78, 5) is 32.5. The number of ether oxygens (including phenoxy) is 1. The smallest absolute Gasteiger partial charge is 0.342 e. The molecule has 3 N–H and O–H groups in total. The molecule has 0 radical (unpaired) electrons. The number of nitrogens with zero attached hydrogens (tertiary/aromatic N) is 1. The molecule has 0 saturated carbocycles. The van der Waals surface area contributed by atoms with Gasteiger partial charge in [0.25, 0.3) is 5.91 Å². The van der Waals surface area contributed by atoms with Crippen molar-refractivity contribution in [1.29, 1.82) is 0 Å². The van der Waals surface area contributed by atoms with Crippen molar-refractivity contribution in [3.63, 3.8) is 0 Å². The molecule has 184 valence electrons. The molecule has 0 aromatic heterocycles. The highest BCUT2D eigenvalue weighted by atomic mass is 35.5. The molecule has 3 rings (SSSR count). The van der Waals surface area contributed by atoms with E-state index in [2.05, 4.69) is 5.48 Å². The van der Waals surface area contributed by atoms with E-state index < -0.39 is 11.7 Å². The molecule has 1 amide bonds. The first-order valence-electron chi connectivity index (χ1n) is 11.6. The van der Waals surface area contributed by atoms with E-state index in [-0.39, 0.29) is 41.0 Å². The average Bonchev–Trinajstić information content (AvgIpc) is 3.10. The Morgan fingerprint density at radius 1 is 1.06 bits per heavy atom. The molecule has 0 spiro atoms. The standard InChI is InChI=1S/C25H31ClN2O6/c26-24-19-15-18(27-34-17-22(31)28-12-8-4-5-9-13-28)11-7-3-1-2-6-10-14-33-25(32)23(19)20(29)16-21(24)30/h2,6-7,11,15-16,27,29-30H,1,3-5,8-10,12-14,17H2/b6-2?,11-7+,18-15-. The highest BCUT2D eigenvalue weighted by Gasteiger charge is 2.23. The number of hydrogen-bond acceptors (Lipinski definition) is 7. The van der Waals surface area contributed by atoms with E-state index in [9.17, 15) is 19.8 Å². The lowest BCUT2D eigenvalue weighted by molar-refractivity contribution is -0.138. The van der Waals surface area contributed by atoms with Gasteiger partial charge in [-0.05, 0) is 44.3 Å². The number of nitrogens with one attached hydrogen (secondary N) is 1. The van der Waals surface area contributed by atoms with Gasteiger partial charge in [-0.15, -0.1) is 0 Å². The maximum Gasteiger partial charge on any atom is 0.342 e. The predicted molar refractivity (Wildman–Crippen MR) is 129 cm³/mol. The molecule has 9 heteroatoms. The van der Waals surface area contributed by atoms with E-state index in [1.807, 2.05) is 18.2 Å². The van der Waals surface area contributed by atoms with Gasteiger partial charge in [0, 0.05) is 24.7 Å². The van der Waals surface area contributed by atoms with Crippen LogP contribution in [0.1, 0.15) is 60.9 Å². The van der Waals surface area contributed by atoms with E-state index in [0.717, 1.165) is 57.7 Å². The normalized spacial score (nSPS) is 20.2. The van der Waals surface area contributed by atoms with Crippen molar-refractivity contribution in [3.8, 4) is 11.5 Å². The molecule has 2 aliphatic rings. The molecular weight excluding hydrogens is 460 g/mol. The molecule has 8 nitrogen and oxygen atoms in total. The maximum absolute atomic E-state index is 12.7. The summed E-state index contributed by atoms with van der Waals surface area (Å²) in [5.41, 5.74) is 3.03. The Hall–Kier alpha value is -2.97. The fourth-order valence-electron chi connectivity index (χ4n) is 3.79. The summed E-state index contributed by atoms with van der Waals surface area (Å²) in [5.74, 6) is -1.72. The summed E-state index contributed by atoms with van der Waals surface area (Å²) in [5, 5.41) is 20.4. The number of fused-ring (bicyclic) bond motifs is 1. The molecule has 1 saturated heterocycles. The number of hydroxylamine groups is 1. The second-order valence-corrected chi connectivity index (χ2v) is 8.56. The first-order valence-corrected chi connectivity index (χ1v) is 12.0. The first kappa shape index (κ1) is 25.6. The SMILES string of the molecule is O=C1OCCC=CCC/C=C/C(NOCC(=O)N2CCCCCC2)=C/c2c(Cl)c(O)cc(O)c21. The number of aromatic hydroxyl groups is 2. The quantitative estimate of drug-likeness (QED) is 0.324. The average molecular weight is 491 g/mol. The zero-order valence-electron chi connectivity index (χ0n) is 19.1. The Bertz CT molecular complexity index is 965. The first-order chi connectivity index (χ1) is 16.5. The van der Waals surface area contributed by atoms with Crippen molar-refractivity contribution in [2.24, 2.45) is 0 Å². The van der Waals surface area contributed by atoms with E-state index in [0.29, 0.717) is 12.1 Å². The van der Waals surface area contributed by atoms with Gasteiger partial charge in [-0.3, -0.25) is 15.1 Å². The largest absolute Gasteiger partial charge is 0.507 e. The minimum atomic E-state index is -0.767. The van der Waals surface area contributed by atoms with Crippen LogP contribution >= 0.6 is 11.6 Å². The van der Waals surface area contributed by atoms with E-state index in [4.69, 9.17) is 21.2 Å². The minimum absolute atomic E-state index is 0.0753. The van der Waals surface area contributed by atoms with Gasteiger partial charge in [0.05, 0.1) is 17.3 Å². The Balaban J connectivity index is 1.84. The molecule has 0 aliphatic carbocycles. The molecule has 2 heterocycles. The van der Waals surface area contributed by atoms with E-state index >= 15 is 0 Å². The summed E-state index contributed by atoms with van der Waals surface area (Å²) in [6.07, 6.45) is 15.3. The van der Waals surface area contributed by atoms with Gasteiger partial charge < -0.3 is 19.8 Å². The Morgan fingerprint density at radius 3 is 2.53 bits per heavy atom. The van der Waals surface area contributed by atoms with Crippen LogP contribution in [0.25, 0.3) is 6.08 Å². The molecule has 1 aromatic rings. The van der Waals surface area contributed by atoms with Crippen LogP contribution in [0.3, 0.4) is 0 Å². The van der Waals surface area contributed by atoms with E-state index in [1.54, 1.807) is 11.0 Å². The fourth-order valence-corrected chi connectivity index (χ4v) is 3.99. The monoisotopic (exact) mass is 490 g/mol. The van der Waals surface area contributed by atoms with Crippen LogP contribution in [0.4, 0.5) is 0 Å². The third-order valence-corrected chi connectivity index (χ3v) is 5.99. The number of carbonyl (C=O) groups excluding carboxylic acids is 2. The highest BCUT2D eigenvalue weighted by Crippen LogP contribution is 2.38. The lowest BCUT2D eigenvalue weighted by Gasteiger charge is -2.20. The van der Waals surface area contributed by atoms with Crippen LogP contribution in [0.2, 0.25) is 5.02 Å². The number of rotatable bonds is 4. The van der Waals surface area contributed by atoms with Crippen LogP contribution in [0, 0.1) is 0 Å². The number of allylic oxidation sites excluding steroid dienone is 3. The lowest BCUT2D eigenvalue weighted by atomic mass is 10.0. The number of benzene rings is 1. The van der Waals surface area contributed by atoms with Gasteiger partial charge in [0.15, 0.2) is 6.61 Å². The number of cyclic esters (lactones) is 1. The van der Waals surface area contributed by atoms with Gasteiger partial charge in [-0.2, -0.15) is 0 Å². The molecule has 34 heavy (non-hydrogen) atoms. The summed E-state index contributed by atoms with van der Waals surface area (Å²) < 4.78 is 5.27. The number of amides is 1. The van der Waals surface area contributed by atoms with Gasteiger partial charge in [-0.25, -0.2) is 4.79 Å². The molecule has 0 unspecified atom stereocenters. The second-order valence-electron chi connectivity index (χ2n) is 8.18. The molecular formula is C25H31ClN2O6. The van der Waals surface area contributed by atoms with Crippen molar-refractivity contribution in [2.45, 2.75) is 44.9 Å². The lowest BCUT2D eigenvalue weighted by Crippen LogP contribution is -2.36. The molecule has 1 aromatic carbocycles. The number of phenolic OH excluding ortho intramolecular Hbond substituents is 2. The van der Waals surface area contributed by atoms with Crippen molar-refractivity contribution in [2.75, 3.05) is 26.3 Å². The Labute approximate surface area is 204 Å². The third-order valence-electron chi connectivity index (χ3n) is 5.59. The predicted octanol–water partition coefficient (Wildman–Crippen LogP) is 4.47. The number of likely N-dealkylation sites (tertiary alicyclic amines) is 1. The number of esters is 1. The van der Waals surface area contributed by atoms with Gasteiger partial charge in [-0.1, -0.05) is 42.7 Å². The zero-order valence-corrected chi connectivity index (χ0v) is 19.9. The topological polar surface area (TPSA) is 108 Å². The van der Waals surface area contributed by atoms with Gasteiger partial charge in [0.2, 0.25) is 0 Å². The number of hydrogen-bond donors (Lipinski definition) is 3.